The second-order valence-corrected chi connectivity index (χ2v) is 11.2. The van der Waals surface area contributed by atoms with Gasteiger partial charge in [0, 0.05) is 18.8 Å². The highest BCUT2D eigenvalue weighted by Gasteiger charge is 2.66. The Morgan fingerprint density at radius 2 is 1.78 bits per heavy atom. The minimum absolute atomic E-state index is 0.241. The van der Waals surface area contributed by atoms with E-state index < -0.39 is 29.9 Å². The van der Waals surface area contributed by atoms with Gasteiger partial charge in [0.15, 0.2) is 18.0 Å². The fourth-order valence-corrected chi connectivity index (χ4v) is 5.57. The van der Waals surface area contributed by atoms with E-state index in [0.29, 0.717) is 18.8 Å². The highest BCUT2D eigenvalue weighted by Crippen LogP contribution is 2.47. The van der Waals surface area contributed by atoms with E-state index in [1.165, 1.54) is 38.5 Å². The third kappa shape index (κ3) is 7.67. The molecule has 8 nitrogen and oxygen atoms in total. The molecule has 0 saturated carbocycles. The van der Waals surface area contributed by atoms with Gasteiger partial charge in [-0.25, -0.2) is 4.79 Å². The van der Waals surface area contributed by atoms with Gasteiger partial charge in [-0.2, -0.15) is 0 Å². The maximum absolute atomic E-state index is 13.0. The summed E-state index contributed by atoms with van der Waals surface area (Å²) in [5.74, 6) is -1.98. The molecule has 0 aromatic heterocycles. The molecule has 3 saturated heterocycles. The Kier molecular flexibility index (Phi) is 9.86. The van der Waals surface area contributed by atoms with E-state index in [2.05, 4.69) is 17.1 Å². The minimum Gasteiger partial charge on any atom is -0.440 e. The number of hydrogen-bond acceptors (Lipinski definition) is 7. The number of hydrogen-bond donors (Lipinski definition) is 1. The molecule has 1 amide bonds. The Bertz CT molecular complexity index is 856. The van der Waals surface area contributed by atoms with Crippen LogP contribution >= 0.6 is 0 Å². The lowest BCUT2D eigenvalue weighted by molar-refractivity contribution is -0.279. The number of anilines is 1. The molecule has 4 rings (SSSR count). The van der Waals surface area contributed by atoms with Crippen LogP contribution in [-0.2, 0) is 23.7 Å². The maximum atomic E-state index is 13.0. The Balaban J connectivity index is 1.45. The number of fused-ring (bicyclic) bond motifs is 1. The largest absolute Gasteiger partial charge is 0.440 e. The normalized spacial score (nSPS) is 29.2. The molecule has 3 aliphatic rings. The molecule has 0 unspecified atom stereocenters. The number of nitrogens with zero attached hydrogens (tertiary/aromatic N) is 1. The molecular weight excluding hydrogens is 472 g/mol. The molecule has 0 bridgehead atoms. The first-order chi connectivity index (χ1) is 17.8. The third-order valence-electron chi connectivity index (χ3n) is 7.40. The number of benzene rings is 1. The minimum atomic E-state index is -1.11. The van der Waals surface area contributed by atoms with Gasteiger partial charge < -0.3 is 28.6 Å². The number of ether oxygens (including phenoxy) is 5. The second kappa shape index (κ2) is 12.9. The van der Waals surface area contributed by atoms with Gasteiger partial charge in [0.2, 0.25) is 5.79 Å². The molecule has 1 aromatic rings. The molecular formula is C29H46N2O6. The van der Waals surface area contributed by atoms with E-state index in [-0.39, 0.29) is 12.7 Å². The lowest BCUT2D eigenvalue weighted by Gasteiger charge is -2.33. The van der Waals surface area contributed by atoms with Crippen LogP contribution in [0.2, 0.25) is 0 Å². The van der Waals surface area contributed by atoms with E-state index in [1.54, 1.807) is 0 Å². The lowest BCUT2D eigenvalue weighted by atomic mass is 10.0. The molecule has 0 aliphatic carbocycles. The summed E-state index contributed by atoms with van der Waals surface area (Å²) in [6.45, 7) is 11.5. The molecule has 1 aromatic carbocycles. The fraction of sp³-hybridized carbons (Fsp3) is 0.759. The maximum Gasteiger partial charge on any atom is 0.412 e. The number of carbonyl (C=O) groups excluding carboxylic acids is 1. The van der Waals surface area contributed by atoms with Crippen LogP contribution in [-0.4, -0.2) is 73.7 Å². The van der Waals surface area contributed by atoms with E-state index >= 15 is 0 Å². The van der Waals surface area contributed by atoms with E-state index in [9.17, 15) is 4.79 Å². The molecule has 208 valence electrons. The van der Waals surface area contributed by atoms with Gasteiger partial charge in [-0.3, -0.25) is 5.32 Å². The number of rotatable bonds is 12. The first kappa shape index (κ1) is 28.3. The first-order valence-electron chi connectivity index (χ1n) is 14.2. The molecule has 0 radical (unpaired) electrons. The van der Waals surface area contributed by atoms with Crippen LogP contribution in [0.3, 0.4) is 0 Å². The Morgan fingerprint density at radius 1 is 1.05 bits per heavy atom. The number of piperidine rings is 1. The van der Waals surface area contributed by atoms with Crippen molar-refractivity contribution in [2.45, 2.75) is 109 Å². The van der Waals surface area contributed by atoms with Crippen molar-refractivity contribution in [3.05, 3.63) is 29.8 Å². The number of amides is 1. The Hall–Kier alpha value is -1.71. The first-order valence-corrected chi connectivity index (χ1v) is 14.2. The lowest BCUT2D eigenvalue weighted by Crippen LogP contribution is -2.46. The van der Waals surface area contributed by atoms with Crippen LogP contribution in [0, 0.1) is 6.92 Å². The van der Waals surface area contributed by atoms with Crippen LogP contribution in [0.25, 0.3) is 0 Å². The van der Waals surface area contributed by atoms with Crippen LogP contribution in [0.4, 0.5) is 10.5 Å². The molecule has 1 N–H and O–H groups in total. The quantitative estimate of drug-likeness (QED) is 0.359. The highest BCUT2D eigenvalue weighted by molar-refractivity contribution is 5.84. The highest BCUT2D eigenvalue weighted by atomic mass is 16.9. The summed E-state index contributed by atoms with van der Waals surface area (Å²) in [6, 6.07) is 7.64. The standard InChI is InChI=1S/C29H46N2O6/c1-5-6-7-8-12-19-33-21-29-26(36-28(3,4)37-29)25(24(35-29)20-31-17-10-9-11-18-31)34-27(32)30-23-15-13-22(2)14-16-23/h13-16,24-26H,5-12,17-21H2,1-4H3,(H,30,32)/t24-,25+,26-,29-/m0/s1. The van der Waals surface area contributed by atoms with E-state index in [0.717, 1.165) is 31.5 Å². The number of likely N-dealkylation sites (tertiary alicyclic amines) is 1. The summed E-state index contributed by atoms with van der Waals surface area (Å²) < 4.78 is 31.5. The summed E-state index contributed by atoms with van der Waals surface area (Å²) in [7, 11) is 0. The Morgan fingerprint density at radius 3 is 2.51 bits per heavy atom. The predicted molar refractivity (Wildman–Crippen MR) is 143 cm³/mol. The molecule has 3 aliphatic heterocycles. The number of unbranched alkanes of at least 4 members (excludes halogenated alkanes) is 4. The monoisotopic (exact) mass is 518 g/mol. The van der Waals surface area contributed by atoms with Crippen molar-refractivity contribution in [3.8, 4) is 0 Å². The van der Waals surface area contributed by atoms with Crippen LogP contribution in [0.1, 0.15) is 77.7 Å². The van der Waals surface area contributed by atoms with Gasteiger partial charge in [0.05, 0.1) is 0 Å². The zero-order valence-corrected chi connectivity index (χ0v) is 23.1. The van der Waals surface area contributed by atoms with Crippen molar-refractivity contribution in [2.75, 3.05) is 38.2 Å². The van der Waals surface area contributed by atoms with Gasteiger partial charge in [-0.05, 0) is 65.3 Å². The second-order valence-electron chi connectivity index (χ2n) is 11.2. The average Bonchev–Trinajstić information content (AvgIpc) is 3.27. The van der Waals surface area contributed by atoms with E-state index in [4.69, 9.17) is 23.7 Å². The van der Waals surface area contributed by atoms with Gasteiger partial charge in [-0.1, -0.05) is 56.7 Å². The molecule has 3 fully saturated rings. The smallest absolute Gasteiger partial charge is 0.412 e. The van der Waals surface area contributed by atoms with Gasteiger partial charge in [0.25, 0.3) is 0 Å². The molecule has 4 atom stereocenters. The third-order valence-corrected chi connectivity index (χ3v) is 7.40. The van der Waals surface area contributed by atoms with Crippen molar-refractivity contribution >= 4 is 11.8 Å². The summed E-state index contributed by atoms with van der Waals surface area (Å²) in [4.78, 5) is 15.4. The van der Waals surface area contributed by atoms with E-state index in [1.807, 2.05) is 45.0 Å². The number of carbonyl (C=O) groups is 1. The van der Waals surface area contributed by atoms with Gasteiger partial charge >= 0.3 is 6.09 Å². The Labute approximate surface area is 222 Å². The van der Waals surface area contributed by atoms with Gasteiger partial charge in [0.1, 0.15) is 12.7 Å². The topological polar surface area (TPSA) is 78.5 Å². The van der Waals surface area contributed by atoms with Crippen molar-refractivity contribution in [1.82, 2.24) is 4.90 Å². The molecule has 8 heteroatoms. The van der Waals surface area contributed by atoms with Crippen LogP contribution < -0.4 is 5.32 Å². The number of aryl methyl sites for hydroxylation is 1. The van der Waals surface area contributed by atoms with Crippen LogP contribution in [0.5, 0.6) is 0 Å². The SMILES string of the molecule is CCCCCCCOC[C@@]12O[C@@H](CN3CCCCC3)[C@@H](OC(=O)Nc3ccc(C)cc3)[C@@H]1OC(C)(C)O2. The fourth-order valence-electron chi connectivity index (χ4n) is 5.57. The predicted octanol–water partition coefficient (Wildman–Crippen LogP) is 5.63. The van der Waals surface area contributed by atoms with Crippen molar-refractivity contribution in [3.63, 3.8) is 0 Å². The summed E-state index contributed by atoms with van der Waals surface area (Å²) in [6.07, 6.45) is 7.32. The summed E-state index contributed by atoms with van der Waals surface area (Å²) in [5.41, 5.74) is 1.81. The average molecular weight is 519 g/mol. The summed E-state index contributed by atoms with van der Waals surface area (Å²) in [5, 5.41) is 2.85. The molecule has 0 spiro atoms. The van der Waals surface area contributed by atoms with Crippen LogP contribution in [0.15, 0.2) is 24.3 Å². The number of nitrogens with one attached hydrogen (secondary N) is 1. The zero-order chi connectivity index (χ0) is 26.3. The van der Waals surface area contributed by atoms with Crippen molar-refractivity contribution in [2.24, 2.45) is 0 Å². The molecule has 3 heterocycles. The van der Waals surface area contributed by atoms with Gasteiger partial charge in [-0.15, -0.1) is 0 Å². The molecule has 37 heavy (non-hydrogen) atoms. The summed E-state index contributed by atoms with van der Waals surface area (Å²) >= 11 is 0. The van der Waals surface area contributed by atoms with Crippen molar-refractivity contribution < 1.29 is 28.5 Å². The zero-order valence-electron chi connectivity index (χ0n) is 23.1. The van der Waals surface area contributed by atoms with Crippen molar-refractivity contribution in [1.29, 1.82) is 0 Å².